The van der Waals surface area contributed by atoms with Crippen LogP contribution < -0.4 is 5.32 Å². The first kappa shape index (κ1) is 17.7. The van der Waals surface area contributed by atoms with Gasteiger partial charge in [0, 0.05) is 16.9 Å². The molecule has 3 heterocycles. The average Bonchev–Trinajstić information content (AvgIpc) is 3.16. The smallest absolute Gasteiger partial charge is 0.226 e. The zero-order valence-electron chi connectivity index (χ0n) is 15.8. The van der Waals surface area contributed by atoms with E-state index in [1.54, 1.807) is 4.68 Å². The van der Waals surface area contributed by atoms with E-state index in [9.17, 15) is 9.59 Å². The summed E-state index contributed by atoms with van der Waals surface area (Å²) in [5.74, 6) is -0.0428. The fraction of sp³-hybridized carbons (Fsp3) is 0.286. The van der Waals surface area contributed by atoms with Crippen molar-refractivity contribution >= 4 is 28.8 Å². The van der Waals surface area contributed by atoms with E-state index in [1.807, 2.05) is 52.0 Å². The highest BCUT2D eigenvalue weighted by Crippen LogP contribution is 2.39. The van der Waals surface area contributed by atoms with Gasteiger partial charge in [-0.3, -0.25) is 9.59 Å². The molecule has 5 nitrogen and oxygen atoms in total. The summed E-state index contributed by atoms with van der Waals surface area (Å²) in [6.07, 6.45) is 0.155. The summed E-state index contributed by atoms with van der Waals surface area (Å²) in [4.78, 5) is 27.3. The molecule has 138 valence electrons. The van der Waals surface area contributed by atoms with Gasteiger partial charge in [0.15, 0.2) is 5.78 Å². The van der Waals surface area contributed by atoms with Gasteiger partial charge in [-0.15, -0.1) is 11.3 Å². The molecular formula is C21H21N3O2S. The monoisotopic (exact) mass is 379 g/mol. The number of benzene rings is 1. The summed E-state index contributed by atoms with van der Waals surface area (Å²) in [6.45, 7) is 7.94. The van der Waals surface area contributed by atoms with Gasteiger partial charge in [-0.1, -0.05) is 6.07 Å². The highest BCUT2D eigenvalue weighted by Gasteiger charge is 2.36. The first-order valence-corrected chi connectivity index (χ1v) is 9.74. The van der Waals surface area contributed by atoms with Crippen LogP contribution in [0.2, 0.25) is 0 Å². The van der Waals surface area contributed by atoms with E-state index in [2.05, 4.69) is 16.5 Å². The van der Waals surface area contributed by atoms with Gasteiger partial charge in [0.1, 0.15) is 5.82 Å². The normalized spacial score (nSPS) is 16.1. The fourth-order valence-corrected chi connectivity index (χ4v) is 4.63. The Morgan fingerprint density at radius 2 is 1.85 bits per heavy atom. The minimum absolute atomic E-state index is 0.00715. The molecule has 0 saturated carbocycles. The van der Waals surface area contributed by atoms with Crippen molar-refractivity contribution in [1.82, 2.24) is 9.78 Å². The molecule has 0 aliphatic carbocycles. The lowest BCUT2D eigenvalue weighted by atomic mass is 9.87. The fourth-order valence-electron chi connectivity index (χ4n) is 3.77. The first-order chi connectivity index (χ1) is 12.8. The van der Waals surface area contributed by atoms with E-state index in [4.69, 9.17) is 0 Å². The first-order valence-electron chi connectivity index (χ1n) is 8.92. The third-order valence-electron chi connectivity index (χ3n) is 4.85. The number of anilines is 1. The zero-order chi connectivity index (χ0) is 19.3. The lowest BCUT2D eigenvalue weighted by molar-refractivity contribution is -0.116. The Bertz CT molecular complexity index is 1060. The van der Waals surface area contributed by atoms with Crippen LogP contribution in [0.25, 0.3) is 5.69 Å². The van der Waals surface area contributed by atoms with Gasteiger partial charge in [0.05, 0.1) is 22.2 Å². The molecule has 27 heavy (non-hydrogen) atoms. The van der Waals surface area contributed by atoms with Crippen LogP contribution in [0.4, 0.5) is 5.82 Å². The van der Waals surface area contributed by atoms with Gasteiger partial charge in [0.2, 0.25) is 5.91 Å². The molecule has 1 amide bonds. The Kier molecular flexibility index (Phi) is 4.23. The highest BCUT2D eigenvalue weighted by molar-refractivity contribution is 7.14. The van der Waals surface area contributed by atoms with Gasteiger partial charge in [-0.2, -0.15) is 5.10 Å². The van der Waals surface area contributed by atoms with Gasteiger partial charge >= 0.3 is 0 Å². The second kappa shape index (κ2) is 6.46. The van der Waals surface area contributed by atoms with Crippen molar-refractivity contribution in [2.24, 2.45) is 0 Å². The second-order valence-electron chi connectivity index (χ2n) is 7.18. The minimum Gasteiger partial charge on any atom is -0.310 e. The number of carbonyl (C=O) groups excluding carboxylic acids is 2. The maximum Gasteiger partial charge on any atom is 0.226 e. The Hall–Kier alpha value is -2.73. The molecule has 6 heteroatoms. The van der Waals surface area contributed by atoms with Crippen LogP contribution >= 0.6 is 11.3 Å². The van der Waals surface area contributed by atoms with Crippen LogP contribution in [0.5, 0.6) is 0 Å². The standard InChI is InChI=1S/C21H21N3O2S/c1-11-7-12(2)9-15(8-11)24-21-19(14(4)23-24)16(10-18(25)22-21)20(26)17-6-5-13(3)27-17/h5-9,16H,10H2,1-4H3,(H,22,25). The number of fused-ring (bicyclic) bond motifs is 1. The van der Waals surface area contributed by atoms with Crippen LogP contribution in [-0.4, -0.2) is 21.5 Å². The number of nitrogens with one attached hydrogen (secondary N) is 1. The quantitative estimate of drug-likeness (QED) is 0.683. The third kappa shape index (κ3) is 3.10. The second-order valence-corrected chi connectivity index (χ2v) is 8.47. The minimum atomic E-state index is -0.494. The number of thiophene rings is 1. The van der Waals surface area contributed by atoms with Crippen molar-refractivity contribution < 1.29 is 9.59 Å². The summed E-state index contributed by atoms with van der Waals surface area (Å²) in [6, 6.07) is 9.93. The SMILES string of the molecule is Cc1cc(C)cc(-n2nc(C)c3c2NC(=O)CC3C(=O)c2ccc(C)s2)c1. The number of aromatic nitrogens is 2. The number of carbonyl (C=O) groups is 2. The Labute approximate surface area is 162 Å². The molecule has 1 atom stereocenters. The molecule has 0 saturated heterocycles. The Morgan fingerprint density at radius 3 is 2.48 bits per heavy atom. The van der Waals surface area contributed by atoms with Crippen molar-refractivity contribution in [3.8, 4) is 5.69 Å². The van der Waals surface area contributed by atoms with E-state index < -0.39 is 5.92 Å². The molecule has 0 radical (unpaired) electrons. The average molecular weight is 379 g/mol. The number of amides is 1. The van der Waals surface area contributed by atoms with Crippen molar-refractivity contribution in [3.05, 3.63) is 62.5 Å². The van der Waals surface area contributed by atoms with Crippen molar-refractivity contribution in [2.75, 3.05) is 5.32 Å². The van der Waals surface area contributed by atoms with Crippen molar-refractivity contribution in [3.63, 3.8) is 0 Å². The third-order valence-corrected chi connectivity index (χ3v) is 5.87. The Balaban J connectivity index is 1.84. The molecule has 1 aliphatic heterocycles. The maximum atomic E-state index is 13.1. The Morgan fingerprint density at radius 1 is 1.15 bits per heavy atom. The number of aryl methyl sites for hydroxylation is 4. The molecule has 3 aromatic rings. The van der Waals surface area contributed by atoms with Crippen LogP contribution in [-0.2, 0) is 4.79 Å². The summed E-state index contributed by atoms with van der Waals surface area (Å²) < 4.78 is 1.75. The highest BCUT2D eigenvalue weighted by atomic mass is 32.1. The van der Waals surface area contributed by atoms with Crippen LogP contribution in [0.1, 0.15) is 49.3 Å². The molecule has 0 fully saturated rings. The lowest BCUT2D eigenvalue weighted by Gasteiger charge is -2.23. The summed E-state index contributed by atoms with van der Waals surface area (Å²) in [5, 5.41) is 7.60. The van der Waals surface area contributed by atoms with Gasteiger partial charge < -0.3 is 5.32 Å². The molecule has 2 aromatic heterocycles. The number of ketones is 1. The molecule has 1 aliphatic rings. The predicted octanol–water partition coefficient (Wildman–Crippen LogP) is 4.48. The molecule has 0 spiro atoms. The van der Waals surface area contributed by atoms with E-state index in [0.717, 1.165) is 32.9 Å². The lowest BCUT2D eigenvalue weighted by Crippen LogP contribution is -2.28. The largest absolute Gasteiger partial charge is 0.310 e. The van der Waals surface area contributed by atoms with E-state index in [0.29, 0.717) is 10.7 Å². The number of hydrogen-bond acceptors (Lipinski definition) is 4. The van der Waals surface area contributed by atoms with Crippen LogP contribution in [0, 0.1) is 27.7 Å². The zero-order valence-corrected chi connectivity index (χ0v) is 16.6. The summed E-state index contributed by atoms with van der Waals surface area (Å²) in [5.41, 5.74) is 4.73. The maximum absolute atomic E-state index is 13.1. The molecule has 1 unspecified atom stereocenters. The topological polar surface area (TPSA) is 64.0 Å². The summed E-state index contributed by atoms with van der Waals surface area (Å²) >= 11 is 1.47. The van der Waals surface area contributed by atoms with Crippen LogP contribution in [0.15, 0.2) is 30.3 Å². The molecule has 1 N–H and O–H groups in total. The number of rotatable bonds is 3. The van der Waals surface area contributed by atoms with Crippen molar-refractivity contribution in [2.45, 2.75) is 40.0 Å². The van der Waals surface area contributed by atoms with Gasteiger partial charge in [0.25, 0.3) is 0 Å². The van der Waals surface area contributed by atoms with Gasteiger partial charge in [-0.25, -0.2) is 4.68 Å². The van der Waals surface area contributed by atoms with Crippen LogP contribution in [0.3, 0.4) is 0 Å². The number of nitrogens with zero attached hydrogens (tertiary/aromatic N) is 2. The van der Waals surface area contributed by atoms with E-state index >= 15 is 0 Å². The van der Waals surface area contributed by atoms with E-state index in [1.165, 1.54) is 11.3 Å². The number of Topliss-reactive ketones (excluding diaryl/α,β-unsaturated/α-hetero) is 1. The predicted molar refractivity (Wildman–Crippen MR) is 107 cm³/mol. The molecular weight excluding hydrogens is 358 g/mol. The molecule has 4 rings (SSSR count). The van der Waals surface area contributed by atoms with Crippen molar-refractivity contribution in [1.29, 1.82) is 0 Å². The number of hydrogen-bond donors (Lipinski definition) is 1. The summed E-state index contributed by atoms with van der Waals surface area (Å²) in [7, 11) is 0. The molecule has 1 aromatic carbocycles. The van der Waals surface area contributed by atoms with E-state index in [-0.39, 0.29) is 18.1 Å². The van der Waals surface area contributed by atoms with Gasteiger partial charge in [-0.05, 0) is 63.1 Å². The molecule has 0 bridgehead atoms.